The predicted molar refractivity (Wildman–Crippen MR) is 85.5 cm³/mol. The van der Waals surface area contributed by atoms with Crippen LogP contribution in [0.15, 0.2) is 36.4 Å². The molecular formula is C15H12Cl3NO2. The molecule has 1 atom stereocenters. The number of hydrogen-bond acceptors (Lipinski definition) is 2. The molecule has 2 rings (SSSR count). The highest BCUT2D eigenvalue weighted by molar-refractivity contribution is 6.35. The van der Waals surface area contributed by atoms with Crippen molar-refractivity contribution in [2.45, 2.75) is 13.0 Å². The molecule has 0 saturated carbocycles. The standard InChI is InChI=1S/C15H12Cl3NO2/c1-8(11-4-3-10(16)7-12(11)17)19-15(21)9-2-5-14(20)13(18)6-9/h2-8,20H,1H3,(H,19,21). The molecule has 21 heavy (non-hydrogen) atoms. The Hall–Kier alpha value is -1.42. The molecule has 0 heterocycles. The topological polar surface area (TPSA) is 49.3 Å². The van der Waals surface area contributed by atoms with E-state index in [-0.39, 0.29) is 22.7 Å². The molecule has 2 N–H and O–H groups in total. The Balaban J connectivity index is 2.16. The van der Waals surface area contributed by atoms with Gasteiger partial charge in [0.25, 0.3) is 5.91 Å². The summed E-state index contributed by atoms with van der Waals surface area (Å²) in [5.41, 5.74) is 1.12. The van der Waals surface area contributed by atoms with Gasteiger partial charge in [0.05, 0.1) is 11.1 Å². The Morgan fingerprint density at radius 1 is 1.10 bits per heavy atom. The van der Waals surface area contributed by atoms with Crippen LogP contribution in [0.3, 0.4) is 0 Å². The highest BCUT2D eigenvalue weighted by atomic mass is 35.5. The van der Waals surface area contributed by atoms with E-state index in [9.17, 15) is 9.90 Å². The third-order valence-electron chi connectivity index (χ3n) is 2.99. The third kappa shape index (κ3) is 3.82. The fourth-order valence-electron chi connectivity index (χ4n) is 1.86. The Morgan fingerprint density at radius 2 is 1.81 bits per heavy atom. The summed E-state index contributed by atoms with van der Waals surface area (Å²) < 4.78 is 0. The van der Waals surface area contributed by atoms with Gasteiger partial charge in [0.15, 0.2) is 0 Å². The Labute approximate surface area is 137 Å². The highest BCUT2D eigenvalue weighted by Gasteiger charge is 2.15. The number of phenols is 1. The lowest BCUT2D eigenvalue weighted by Crippen LogP contribution is -2.26. The van der Waals surface area contributed by atoms with Gasteiger partial charge in [-0.25, -0.2) is 0 Å². The van der Waals surface area contributed by atoms with Gasteiger partial charge in [-0.05, 0) is 42.8 Å². The number of hydrogen-bond donors (Lipinski definition) is 2. The van der Waals surface area contributed by atoms with E-state index < -0.39 is 0 Å². The van der Waals surface area contributed by atoms with Crippen molar-refractivity contribution in [3.63, 3.8) is 0 Å². The summed E-state index contributed by atoms with van der Waals surface area (Å²) in [7, 11) is 0. The summed E-state index contributed by atoms with van der Waals surface area (Å²) in [5.74, 6) is -0.377. The lowest BCUT2D eigenvalue weighted by molar-refractivity contribution is 0.0940. The number of nitrogens with one attached hydrogen (secondary N) is 1. The van der Waals surface area contributed by atoms with E-state index in [0.29, 0.717) is 15.6 Å². The molecule has 0 aliphatic rings. The van der Waals surface area contributed by atoms with E-state index >= 15 is 0 Å². The molecule has 0 bridgehead atoms. The maximum atomic E-state index is 12.1. The quantitative estimate of drug-likeness (QED) is 0.836. The van der Waals surface area contributed by atoms with Crippen LogP contribution in [0.25, 0.3) is 0 Å². The van der Waals surface area contributed by atoms with Crippen molar-refractivity contribution >= 4 is 40.7 Å². The van der Waals surface area contributed by atoms with E-state index in [0.717, 1.165) is 5.56 Å². The molecule has 2 aromatic carbocycles. The van der Waals surface area contributed by atoms with E-state index in [2.05, 4.69) is 5.32 Å². The highest BCUT2D eigenvalue weighted by Crippen LogP contribution is 2.27. The lowest BCUT2D eigenvalue weighted by atomic mass is 10.1. The molecule has 0 spiro atoms. The SMILES string of the molecule is CC(NC(=O)c1ccc(O)c(Cl)c1)c1ccc(Cl)cc1Cl. The van der Waals surface area contributed by atoms with Gasteiger partial charge in [0, 0.05) is 15.6 Å². The van der Waals surface area contributed by atoms with Crippen LogP contribution in [0.5, 0.6) is 5.75 Å². The lowest BCUT2D eigenvalue weighted by Gasteiger charge is -2.16. The largest absolute Gasteiger partial charge is 0.506 e. The van der Waals surface area contributed by atoms with Gasteiger partial charge >= 0.3 is 0 Å². The van der Waals surface area contributed by atoms with Crippen LogP contribution in [-0.4, -0.2) is 11.0 Å². The summed E-state index contributed by atoms with van der Waals surface area (Å²) in [4.78, 5) is 12.1. The minimum atomic E-state index is -0.310. The first-order valence-corrected chi connectivity index (χ1v) is 7.26. The molecule has 1 amide bonds. The summed E-state index contributed by atoms with van der Waals surface area (Å²) in [5, 5.41) is 13.3. The number of amides is 1. The Kier molecular flexibility index (Phi) is 4.99. The molecule has 2 aromatic rings. The molecule has 6 heteroatoms. The summed E-state index contributed by atoms with van der Waals surface area (Å²) in [6.07, 6.45) is 0. The zero-order chi connectivity index (χ0) is 15.6. The van der Waals surface area contributed by atoms with Gasteiger partial charge in [0.1, 0.15) is 5.75 Å². The van der Waals surface area contributed by atoms with Crippen molar-refractivity contribution in [3.8, 4) is 5.75 Å². The second-order valence-electron chi connectivity index (χ2n) is 4.53. The second kappa shape index (κ2) is 6.56. The number of carbonyl (C=O) groups excluding carboxylic acids is 1. The van der Waals surface area contributed by atoms with Gasteiger partial charge in [-0.15, -0.1) is 0 Å². The molecule has 0 aliphatic carbocycles. The summed E-state index contributed by atoms with van der Waals surface area (Å²) >= 11 is 17.7. The monoisotopic (exact) mass is 343 g/mol. The van der Waals surface area contributed by atoms with Crippen molar-refractivity contribution in [2.75, 3.05) is 0 Å². The van der Waals surface area contributed by atoms with Crippen LogP contribution in [0.1, 0.15) is 28.9 Å². The van der Waals surface area contributed by atoms with E-state index in [4.69, 9.17) is 34.8 Å². The molecule has 0 aliphatic heterocycles. The predicted octanol–water partition coefficient (Wildman–Crippen LogP) is 4.84. The smallest absolute Gasteiger partial charge is 0.251 e. The average molecular weight is 345 g/mol. The van der Waals surface area contributed by atoms with Crippen LogP contribution in [0, 0.1) is 0 Å². The third-order valence-corrected chi connectivity index (χ3v) is 3.85. The summed E-state index contributed by atoms with van der Waals surface area (Å²) in [6, 6.07) is 9.07. The fourth-order valence-corrected chi connectivity index (χ4v) is 2.61. The first-order chi connectivity index (χ1) is 9.88. The van der Waals surface area contributed by atoms with Gasteiger partial charge in [-0.1, -0.05) is 40.9 Å². The molecule has 0 radical (unpaired) electrons. The van der Waals surface area contributed by atoms with E-state index in [1.54, 1.807) is 18.2 Å². The second-order valence-corrected chi connectivity index (χ2v) is 5.78. The molecule has 110 valence electrons. The van der Waals surface area contributed by atoms with Crippen molar-refractivity contribution in [2.24, 2.45) is 0 Å². The maximum Gasteiger partial charge on any atom is 0.251 e. The van der Waals surface area contributed by atoms with Crippen LogP contribution >= 0.6 is 34.8 Å². The Morgan fingerprint density at radius 3 is 2.43 bits per heavy atom. The molecule has 3 nitrogen and oxygen atoms in total. The van der Waals surface area contributed by atoms with Gasteiger partial charge in [-0.3, -0.25) is 4.79 Å². The van der Waals surface area contributed by atoms with Crippen LogP contribution in [0.2, 0.25) is 15.1 Å². The molecule has 1 unspecified atom stereocenters. The van der Waals surface area contributed by atoms with Crippen LogP contribution in [0.4, 0.5) is 0 Å². The van der Waals surface area contributed by atoms with Gasteiger partial charge in [0.2, 0.25) is 0 Å². The Bertz CT molecular complexity index is 689. The molecule has 0 saturated heterocycles. The number of rotatable bonds is 3. The van der Waals surface area contributed by atoms with E-state index in [1.165, 1.54) is 18.2 Å². The number of halogens is 3. The van der Waals surface area contributed by atoms with Crippen LogP contribution in [-0.2, 0) is 0 Å². The van der Waals surface area contributed by atoms with Gasteiger partial charge < -0.3 is 10.4 Å². The van der Waals surface area contributed by atoms with Gasteiger partial charge in [-0.2, -0.15) is 0 Å². The maximum absolute atomic E-state index is 12.1. The molecular weight excluding hydrogens is 333 g/mol. The first-order valence-electron chi connectivity index (χ1n) is 6.13. The van der Waals surface area contributed by atoms with Crippen molar-refractivity contribution in [3.05, 3.63) is 62.6 Å². The van der Waals surface area contributed by atoms with Crippen molar-refractivity contribution < 1.29 is 9.90 Å². The number of carbonyl (C=O) groups is 1. The number of aromatic hydroxyl groups is 1. The van der Waals surface area contributed by atoms with E-state index in [1.807, 2.05) is 6.92 Å². The number of phenolic OH excluding ortho intramolecular Hbond substituents is 1. The van der Waals surface area contributed by atoms with Crippen molar-refractivity contribution in [1.82, 2.24) is 5.32 Å². The minimum absolute atomic E-state index is 0.0676. The van der Waals surface area contributed by atoms with Crippen molar-refractivity contribution in [1.29, 1.82) is 0 Å². The first kappa shape index (κ1) is 16.0. The normalized spacial score (nSPS) is 12.0. The number of benzene rings is 2. The molecule has 0 aromatic heterocycles. The zero-order valence-electron chi connectivity index (χ0n) is 11.0. The average Bonchev–Trinajstić information content (AvgIpc) is 2.41. The summed E-state index contributed by atoms with van der Waals surface area (Å²) in [6.45, 7) is 1.81. The molecule has 0 fully saturated rings. The van der Waals surface area contributed by atoms with Crippen LogP contribution < -0.4 is 5.32 Å². The minimum Gasteiger partial charge on any atom is -0.506 e. The fraction of sp³-hybridized carbons (Fsp3) is 0.133. The zero-order valence-corrected chi connectivity index (χ0v) is 13.3.